The number of hydrogen-bond donors (Lipinski definition) is 0. The van der Waals surface area contributed by atoms with E-state index in [1.54, 1.807) is 0 Å². The highest BCUT2D eigenvalue weighted by Gasteiger charge is 2.20. The third-order valence-electron chi connectivity index (χ3n) is 1.73. The van der Waals surface area contributed by atoms with Crippen LogP contribution in [-0.2, 0) is 6.42 Å². The predicted octanol–water partition coefficient (Wildman–Crippen LogP) is 2.75. The molecule has 0 aliphatic heterocycles. The molecule has 0 saturated heterocycles. The van der Waals surface area contributed by atoms with Crippen molar-refractivity contribution >= 4 is 11.6 Å². The van der Waals surface area contributed by atoms with Gasteiger partial charge in [0.1, 0.15) is 10.9 Å². The zero-order chi connectivity index (χ0) is 11.4. The lowest BCUT2D eigenvalue weighted by Gasteiger charge is -2.10. The van der Waals surface area contributed by atoms with Crippen molar-refractivity contribution in [1.29, 1.82) is 5.26 Å². The fraction of sp³-hybridized carbons (Fsp3) is 0.333. The quantitative estimate of drug-likeness (QED) is 0.753. The Morgan fingerprint density at radius 1 is 1.67 bits per heavy atom. The van der Waals surface area contributed by atoms with Gasteiger partial charge in [-0.3, -0.25) is 0 Å². The predicted molar refractivity (Wildman–Crippen MR) is 50.1 cm³/mol. The van der Waals surface area contributed by atoms with Crippen molar-refractivity contribution in [3.63, 3.8) is 0 Å². The fourth-order valence-corrected chi connectivity index (χ4v) is 1.37. The van der Waals surface area contributed by atoms with E-state index < -0.39 is 12.0 Å². The number of nitriles is 1. The number of halogens is 3. The molecule has 1 aromatic rings. The normalized spacial score (nSPS) is 10.1. The van der Waals surface area contributed by atoms with Crippen LogP contribution in [0.1, 0.15) is 17.7 Å². The Bertz CT molecular complexity index is 404. The van der Waals surface area contributed by atoms with Crippen molar-refractivity contribution in [2.45, 2.75) is 12.8 Å². The van der Waals surface area contributed by atoms with Gasteiger partial charge in [-0.25, -0.2) is 13.8 Å². The van der Waals surface area contributed by atoms with Crippen LogP contribution < -0.4 is 4.74 Å². The second kappa shape index (κ2) is 4.89. The standard InChI is InChI=1S/C9H7ClF2N2O/c1-15-6-4-5(2-3-13)14-8(10)7(6)9(11)12/h4,9H,2H2,1H3. The van der Waals surface area contributed by atoms with Crippen molar-refractivity contribution in [2.75, 3.05) is 7.11 Å². The molecule has 0 aliphatic carbocycles. The van der Waals surface area contributed by atoms with Crippen molar-refractivity contribution in [3.05, 3.63) is 22.5 Å². The zero-order valence-corrected chi connectivity index (χ0v) is 8.55. The molecule has 15 heavy (non-hydrogen) atoms. The molecule has 0 N–H and O–H groups in total. The van der Waals surface area contributed by atoms with Crippen LogP contribution in [0, 0.1) is 11.3 Å². The van der Waals surface area contributed by atoms with E-state index in [-0.39, 0.29) is 17.3 Å². The summed E-state index contributed by atoms with van der Waals surface area (Å²) in [7, 11) is 1.26. The van der Waals surface area contributed by atoms with E-state index in [0.29, 0.717) is 5.69 Å². The maximum Gasteiger partial charge on any atom is 0.270 e. The molecule has 0 amide bonds. The Labute approximate surface area is 90.3 Å². The summed E-state index contributed by atoms with van der Waals surface area (Å²) in [5, 5.41) is 8.11. The molecule has 1 heterocycles. The number of nitrogens with zero attached hydrogens (tertiary/aromatic N) is 2. The molecule has 80 valence electrons. The van der Waals surface area contributed by atoms with Crippen LogP contribution in [0.2, 0.25) is 5.15 Å². The van der Waals surface area contributed by atoms with E-state index in [1.165, 1.54) is 13.2 Å². The fourth-order valence-electron chi connectivity index (χ4n) is 1.09. The van der Waals surface area contributed by atoms with E-state index in [4.69, 9.17) is 21.6 Å². The Morgan fingerprint density at radius 2 is 2.33 bits per heavy atom. The van der Waals surface area contributed by atoms with Crippen LogP contribution in [-0.4, -0.2) is 12.1 Å². The summed E-state index contributed by atoms with van der Waals surface area (Å²) >= 11 is 5.56. The first-order valence-electron chi connectivity index (χ1n) is 3.98. The number of methoxy groups -OCH3 is 1. The van der Waals surface area contributed by atoms with Crippen LogP contribution in [0.5, 0.6) is 5.75 Å². The molecule has 1 aromatic heterocycles. The van der Waals surface area contributed by atoms with Crippen molar-refractivity contribution in [3.8, 4) is 11.8 Å². The molecular formula is C9H7ClF2N2O. The van der Waals surface area contributed by atoms with Gasteiger partial charge >= 0.3 is 0 Å². The van der Waals surface area contributed by atoms with Gasteiger partial charge in [-0.15, -0.1) is 0 Å². The van der Waals surface area contributed by atoms with Crippen LogP contribution in [0.4, 0.5) is 8.78 Å². The van der Waals surface area contributed by atoms with Gasteiger partial charge in [-0.1, -0.05) is 11.6 Å². The number of pyridine rings is 1. The van der Waals surface area contributed by atoms with Gasteiger partial charge in [0.15, 0.2) is 0 Å². The minimum Gasteiger partial charge on any atom is -0.496 e. The summed E-state index contributed by atoms with van der Waals surface area (Å²) in [5.74, 6) is -0.0461. The first-order valence-corrected chi connectivity index (χ1v) is 4.36. The molecule has 3 nitrogen and oxygen atoms in total. The lowest BCUT2D eigenvalue weighted by Crippen LogP contribution is -1.99. The van der Waals surface area contributed by atoms with Gasteiger partial charge in [0.25, 0.3) is 6.43 Å². The molecule has 0 saturated carbocycles. The Kier molecular flexibility index (Phi) is 3.81. The molecule has 0 aliphatic rings. The van der Waals surface area contributed by atoms with Crippen LogP contribution in [0.15, 0.2) is 6.07 Å². The maximum absolute atomic E-state index is 12.5. The smallest absolute Gasteiger partial charge is 0.270 e. The van der Waals surface area contributed by atoms with Crippen LogP contribution in [0.25, 0.3) is 0 Å². The summed E-state index contributed by atoms with van der Waals surface area (Å²) in [6, 6.07) is 3.14. The molecule has 0 atom stereocenters. The Hall–Kier alpha value is -1.41. The third kappa shape index (κ3) is 2.54. The molecule has 1 rings (SSSR count). The molecule has 0 unspecified atom stereocenters. The van der Waals surface area contributed by atoms with E-state index in [0.717, 1.165) is 0 Å². The minimum absolute atomic E-state index is 0.000399. The highest BCUT2D eigenvalue weighted by Crippen LogP contribution is 2.34. The zero-order valence-electron chi connectivity index (χ0n) is 7.80. The summed E-state index contributed by atoms with van der Waals surface area (Å²) < 4.78 is 29.8. The highest BCUT2D eigenvalue weighted by atomic mass is 35.5. The Balaban J connectivity index is 3.25. The van der Waals surface area contributed by atoms with Crippen LogP contribution in [0.3, 0.4) is 0 Å². The lowest BCUT2D eigenvalue weighted by atomic mass is 10.2. The van der Waals surface area contributed by atoms with Gasteiger partial charge in [0.05, 0.1) is 30.9 Å². The SMILES string of the molecule is COc1cc(CC#N)nc(Cl)c1C(F)F. The third-order valence-corrected chi connectivity index (χ3v) is 2.01. The van der Waals surface area contributed by atoms with E-state index in [1.807, 2.05) is 6.07 Å². The number of rotatable bonds is 3. The number of ether oxygens (including phenoxy) is 1. The molecule has 0 bridgehead atoms. The van der Waals surface area contributed by atoms with Crippen molar-refractivity contribution < 1.29 is 13.5 Å². The highest BCUT2D eigenvalue weighted by molar-refractivity contribution is 6.30. The summed E-state index contributed by atoms with van der Waals surface area (Å²) in [4.78, 5) is 3.68. The van der Waals surface area contributed by atoms with Crippen molar-refractivity contribution in [2.24, 2.45) is 0 Å². The first kappa shape index (κ1) is 11.7. The summed E-state index contributed by atoms with van der Waals surface area (Å²) in [6.07, 6.45) is -2.75. The van der Waals surface area contributed by atoms with Crippen LogP contribution >= 0.6 is 11.6 Å². The summed E-state index contributed by atoms with van der Waals surface area (Å²) in [5.41, 5.74) is -0.135. The Morgan fingerprint density at radius 3 is 2.80 bits per heavy atom. The second-order valence-corrected chi connectivity index (χ2v) is 3.01. The van der Waals surface area contributed by atoms with Gasteiger partial charge in [-0.05, 0) is 0 Å². The largest absolute Gasteiger partial charge is 0.496 e. The molecule has 0 spiro atoms. The van der Waals surface area contributed by atoms with Gasteiger partial charge in [0.2, 0.25) is 0 Å². The number of alkyl halides is 2. The molecule has 6 heteroatoms. The van der Waals surface area contributed by atoms with E-state index in [2.05, 4.69) is 4.98 Å². The second-order valence-electron chi connectivity index (χ2n) is 2.66. The molecule has 0 aromatic carbocycles. The molecule has 0 fully saturated rings. The molecular weight excluding hydrogens is 226 g/mol. The van der Waals surface area contributed by atoms with Gasteiger partial charge in [0, 0.05) is 6.07 Å². The monoisotopic (exact) mass is 232 g/mol. The summed E-state index contributed by atoms with van der Waals surface area (Å²) in [6.45, 7) is 0. The number of aromatic nitrogens is 1. The van der Waals surface area contributed by atoms with Crippen molar-refractivity contribution in [1.82, 2.24) is 4.98 Å². The van der Waals surface area contributed by atoms with E-state index >= 15 is 0 Å². The van der Waals surface area contributed by atoms with Gasteiger partial charge < -0.3 is 4.74 Å². The average Bonchev–Trinajstić information content (AvgIpc) is 2.16. The lowest BCUT2D eigenvalue weighted by molar-refractivity contribution is 0.146. The first-order chi connectivity index (χ1) is 7.10. The maximum atomic E-state index is 12.5. The minimum atomic E-state index is -2.75. The molecule has 0 radical (unpaired) electrons. The average molecular weight is 233 g/mol. The number of hydrogen-bond acceptors (Lipinski definition) is 3. The van der Waals surface area contributed by atoms with E-state index in [9.17, 15) is 8.78 Å². The topological polar surface area (TPSA) is 45.9 Å². The van der Waals surface area contributed by atoms with Gasteiger partial charge in [-0.2, -0.15) is 5.26 Å².